The van der Waals surface area contributed by atoms with Crippen LogP contribution in [0, 0.1) is 5.92 Å². The fraction of sp³-hybridized carbons (Fsp3) is 0.189. The largest absolute Gasteiger partial charge is 0.337 e. The molecule has 6 heteroatoms. The number of aromatic nitrogens is 2. The zero-order valence-corrected chi connectivity index (χ0v) is 24.3. The van der Waals surface area contributed by atoms with Crippen LogP contribution in [0.15, 0.2) is 122 Å². The van der Waals surface area contributed by atoms with Gasteiger partial charge < -0.3 is 19.6 Å². The maximum atomic E-state index is 4.82. The van der Waals surface area contributed by atoms with Crippen molar-refractivity contribution < 1.29 is 0 Å². The molecule has 0 aliphatic carbocycles. The molecule has 0 radical (unpaired) electrons. The van der Waals surface area contributed by atoms with Crippen molar-refractivity contribution in [1.82, 2.24) is 9.97 Å². The van der Waals surface area contributed by atoms with Gasteiger partial charge in [-0.2, -0.15) is 0 Å². The standard InChI is InChI=1S/C37H32N6/c1-24-21-37(2)27-16-8-10-18-29(27)43-32-22-38-23-39-34(32)40(3)35(43)33(37)36-41(25-13-5-4-6-14-25)30-19-11-12-20-31(30)42(36)28-17-9-7-15-26(24)28/h4-20,22-23,33,35-36H,1,21H2,2-3H3. The van der Waals surface area contributed by atoms with Crippen LogP contribution in [0.3, 0.4) is 0 Å². The van der Waals surface area contributed by atoms with Gasteiger partial charge >= 0.3 is 0 Å². The Hall–Kier alpha value is -5.10. The van der Waals surface area contributed by atoms with Gasteiger partial charge in [0.1, 0.15) is 24.3 Å². The summed E-state index contributed by atoms with van der Waals surface area (Å²) in [5.41, 5.74) is 10.6. The summed E-state index contributed by atoms with van der Waals surface area (Å²) in [4.78, 5) is 19.4. The molecule has 0 N–H and O–H groups in total. The second-order valence-corrected chi connectivity index (χ2v) is 12.4. The van der Waals surface area contributed by atoms with Crippen LogP contribution in [-0.4, -0.2) is 29.3 Å². The van der Waals surface area contributed by atoms with E-state index in [9.17, 15) is 0 Å². The molecule has 0 saturated carbocycles. The maximum absolute atomic E-state index is 4.82. The van der Waals surface area contributed by atoms with Crippen LogP contribution in [0.2, 0.25) is 0 Å². The third-order valence-electron chi connectivity index (χ3n) is 10.2. The average molecular weight is 561 g/mol. The summed E-state index contributed by atoms with van der Waals surface area (Å²) >= 11 is 0. The minimum absolute atomic E-state index is 0.00214. The van der Waals surface area contributed by atoms with Crippen molar-refractivity contribution in [1.29, 1.82) is 0 Å². The van der Waals surface area contributed by atoms with Gasteiger partial charge in [-0.1, -0.05) is 80.2 Å². The second-order valence-electron chi connectivity index (χ2n) is 12.4. The number of fused-ring (bicyclic) bond motifs is 14. The summed E-state index contributed by atoms with van der Waals surface area (Å²) in [6, 6.07) is 37.5. The highest BCUT2D eigenvalue weighted by atomic mass is 15.5. The minimum atomic E-state index is -0.260. The molecule has 43 heavy (non-hydrogen) atoms. The van der Waals surface area contributed by atoms with Crippen molar-refractivity contribution in [3.63, 3.8) is 0 Å². The lowest BCUT2D eigenvalue weighted by molar-refractivity contribution is 0.201. The zero-order chi connectivity index (χ0) is 28.9. The molecule has 6 nitrogen and oxygen atoms in total. The number of nitrogens with zero attached hydrogens (tertiary/aromatic N) is 6. The van der Waals surface area contributed by atoms with E-state index in [1.165, 1.54) is 45.1 Å². The molecule has 0 bridgehead atoms. The summed E-state index contributed by atoms with van der Waals surface area (Å²) < 4.78 is 0. The van der Waals surface area contributed by atoms with Gasteiger partial charge in [0, 0.05) is 35.3 Å². The molecule has 0 spiro atoms. The van der Waals surface area contributed by atoms with Crippen molar-refractivity contribution in [3.05, 3.63) is 133 Å². The van der Waals surface area contributed by atoms with Crippen molar-refractivity contribution in [2.24, 2.45) is 5.92 Å². The highest BCUT2D eigenvalue weighted by molar-refractivity contribution is 5.94. The molecule has 4 aromatic carbocycles. The molecular weight excluding hydrogens is 528 g/mol. The molecule has 0 amide bonds. The van der Waals surface area contributed by atoms with Crippen LogP contribution in [0.25, 0.3) is 5.57 Å². The number of hydrogen-bond acceptors (Lipinski definition) is 6. The summed E-state index contributed by atoms with van der Waals surface area (Å²) in [7, 11) is 2.20. The predicted molar refractivity (Wildman–Crippen MR) is 175 cm³/mol. The molecule has 4 aliphatic heterocycles. The molecule has 1 aromatic heterocycles. The lowest BCUT2D eigenvalue weighted by atomic mass is 9.61. The lowest BCUT2D eigenvalue weighted by Crippen LogP contribution is -2.65. The second kappa shape index (κ2) is 8.71. The van der Waals surface area contributed by atoms with E-state index in [0.29, 0.717) is 0 Å². The van der Waals surface area contributed by atoms with E-state index in [4.69, 9.17) is 11.6 Å². The average Bonchev–Trinajstić information content (AvgIpc) is 3.53. The molecule has 4 unspecified atom stereocenters. The van der Waals surface area contributed by atoms with Crippen molar-refractivity contribution in [3.8, 4) is 0 Å². The molecule has 5 aromatic rings. The summed E-state index contributed by atoms with van der Waals surface area (Å²) in [5.74, 6) is 1.06. The van der Waals surface area contributed by atoms with Gasteiger partial charge in [0.25, 0.3) is 0 Å². The van der Waals surface area contributed by atoms with Gasteiger partial charge in [0.15, 0.2) is 5.82 Å². The number of rotatable bonds is 1. The van der Waals surface area contributed by atoms with E-state index in [1.807, 2.05) is 6.20 Å². The van der Waals surface area contributed by atoms with Gasteiger partial charge in [0.2, 0.25) is 0 Å². The quantitative estimate of drug-likeness (QED) is 0.207. The van der Waals surface area contributed by atoms with Crippen LogP contribution in [0.4, 0.5) is 39.9 Å². The molecule has 0 saturated heterocycles. The van der Waals surface area contributed by atoms with Crippen molar-refractivity contribution >= 4 is 45.5 Å². The normalized spacial score (nSPS) is 24.6. The predicted octanol–water partition coefficient (Wildman–Crippen LogP) is 8.01. The Kier molecular flexibility index (Phi) is 4.96. The zero-order valence-electron chi connectivity index (χ0n) is 24.3. The monoisotopic (exact) mass is 560 g/mol. The molecule has 0 fully saturated rings. The first kappa shape index (κ1) is 24.5. The number of para-hydroxylation sites is 5. The summed E-state index contributed by atoms with van der Waals surface area (Å²) in [6.07, 6.45) is 4.45. The van der Waals surface area contributed by atoms with Crippen LogP contribution < -0.4 is 19.6 Å². The fourth-order valence-corrected chi connectivity index (χ4v) is 8.51. The van der Waals surface area contributed by atoms with Gasteiger partial charge in [-0.15, -0.1) is 0 Å². The van der Waals surface area contributed by atoms with Gasteiger partial charge in [0.05, 0.1) is 23.3 Å². The Morgan fingerprint density at radius 3 is 2.12 bits per heavy atom. The first-order valence-corrected chi connectivity index (χ1v) is 15.0. The first-order chi connectivity index (χ1) is 21.1. The van der Waals surface area contributed by atoms with E-state index in [2.05, 4.69) is 142 Å². The minimum Gasteiger partial charge on any atom is -0.337 e. The number of hydrogen-bond donors (Lipinski definition) is 0. The van der Waals surface area contributed by atoms with E-state index < -0.39 is 0 Å². The van der Waals surface area contributed by atoms with Gasteiger partial charge in [-0.05, 0) is 54.0 Å². The first-order valence-electron chi connectivity index (χ1n) is 15.0. The van der Waals surface area contributed by atoms with E-state index in [1.54, 1.807) is 6.33 Å². The summed E-state index contributed by atoms with van der Waals surface area (Å²) in [6.45, 7) is 7.24. The van der Waals surface area contributed by atoms with Crippen LogP contribution in [-0.2, 0) is 5.41 Å². The Morgan fingerprint density at radius 1 is 0.698 bits per heavy atom. The molecule has 5 heterocycles. The van der Waals surface area contributed by atoms with Crippen LogP contribution in [0.5, 0.6) is 0 Å². The lowest BCUT2D eigenvalue weighted by Gasteiger charge is -2.57. The smallest absolute Gasteiger partial charge is 0.157 e. The SMILES string of the molecule is C=C1CC2(C)c3ccccc3N3c4cncnc4N(C)C3C2C2N(c3ccccc3)c3ccccc3N2c2ccccc21. The van der Waals surface area contributed by atoms with Gasteiger partial charge in [-0.25, -0.2) is 9.97 Å². The highest BCUT2D eigenvalue weighted by Crippen LogP contribution is 2.63. The van der Waals surface area contributed by atoms with E-state index in [-0.39, 0.29) is 23.7 Å². The van der Waals surface area contributed by atoms with Crippen molar-refractivity contribution in [2.75, 3.05) is 26.6 Å². The van der Waals surface area contributed by atoms with Crippen molar-refractivity contribution in [2.45, 2.75) is 31.1 Å². The summed E-state index contributed by atoms with van der Waals surface area (Å²) in [5, 5.41) is 0. The topological polar surface area (TPSA) is 38.7 Å². The Labute approximate surface area is 252 Å². The third-order valence-corrected chi connectivity index (χ3v) is 10.2. The highest BCUT2D eigenvalue weighted by Gasteiger charge is 2.61. The molecule has 4 atom stereocenters. The Morgan fingerprint density at radius 2 is 1.33 bits per heavy atom. The van der Waals surface area contributed by atoms with E-state index in [0.717, 1.165) is 17.9 Å². The van der Waals surface area contributed by atoms with Gasteiger partial charge in [-0.3, -0.25) is 0 Å². The Bertz CT molecular complexity index is 1920. The maximum Gasteiger partial charge on any atom is 0.157 e. The molecule has 210 valence electrons. The van der Waals surface area contributed by atoms with E-state index >= 15 is 0 Å². The third kappa shape index (κ3) is 3.13. The molecular formula is C37H32N6. The molecule has 9 rings (SSSR count). The fourth-order valence-electron chi connectivity index (χ4n) is 8.51. The number of anilines is 7. The number of benzene rings is 4. The molecule has 4 aliphatic rings. The number of allylic oxidation sites excluding steroid dienone is 1. The van der Waals surface area contributed by atoms with Crippen LogP contribution in [0.1, 0.15) is 24.5 Å². The van der Waals surface area contributed by atoms with Crippen LogP contribution >= 0.6 is 0 Å². The Balaban J connectivity index is 1.40.